The number of ether oxygens (including phenoxy) is 1. The van der Waals surface area contributed by atoms with Gasteiger partial charge in [-0.05, 0) is 43.3 Å². The highest BCUT2D eigenvalue weighted by Gasteiger charge is 2.13. The van der Waals surface area contributed by atoms with Crippen molar-refractivity contribution in [1.82, 2.24) is 5.43 Å². The average Bonchev–Trinajstić information content (AvgIpc) is 2.69. The number of amides is 2. The van der Waals surface area contributed by atoms with E-state index in [0.29, 0.717) is 23.6 Å². The van der Waals surface area contributed by atoms with E-state index < -0.39 is 22.3 Å². The Morgan fingerprint density at radius 3 is 2.52 bits per heavy atom. The van der Waals surface area contributed by atoms with Crippen LogP contribution >= 0.6 is 0 Å². The molecule has 2 aromatic rings. The zero-order valence-corrected chi connectivity index (χ0v) is 15.6. The quantitative estimate of drug-likeness (QED) is 0.335. The summed E-state index contributed by atoms with van der Waals surface area (Å²) in [5.74, 6) is -0.588. The number of nitrogens with zero attached hydrogens (tertiary/aromatic N) is 2. The van der Waals surface area contributed by atoms with E-state index in [1.54, 1.807) is 24.3 Å². The topological polar surface area (TPSA) is 143 Å². The van der Waals surface area contributed by atoms with Gasteiger partial charge in [-0.2, -0.15) is 5.10 Å². The molecule has 0 heterocycles. The van der Waals surface area contributed by atoms with Crippen molar-refractivity contribution in [1.29, 1.82) is 0 Å². The molecule has 0 aliphatic carbocycles. The molecule has 0 fully saturated rings. The predicted molar refractivity (Wildman–Crippen MR) is 106 cm³/mol. The van der Waals surface area contributed by atoms with Crippen molar-refractivity contribution in [3.63, 3.8) is 0 Å². The molecule has 2 rings (SSSR count). The highest BCUT2D eigenvalue weighted by Crippen LogP contribution is 2.25. The molecule has 0 unspecified atom stereocenters. The standard InChI is InChI=1S/C19H20N4O6/c1-2-29-15-6-4-14(5-7-15)21-18(25)9-10-19(26)22-20-12-13-3-8-17(24)16(11-13)23(27)28/h3-8,11-12,24H,2,9-10H2,1H3,(H,21,25)(H,22,26). The Morgan fingerprint density at radius 1 is 1.17 bits per heavy atom. The third-order valence-electron chi connectivity index (χ3n) is 3.63. The van der Waals surface area contributed by atoms with Gasteiger partial charge in [-0.3, -0.25) is 19.7 Å². The van der Waals surface area contributed by atoms with Crippen LogP contribution in [0.2, 0.25) is 0 Å². The van der Waals surface area contributed by atoms with Crippen LogP contribution in [0.15, 0.2) is 47.6 Å². The lowest BCUT2D eigenvalue weighted by Gasteiger charge is -2.07. The summed E-state index contributed by atoms with van der Waals surface area (Å²) in [7, 11) is 0. The average molecular weight is 400 g/mol. The number of nitrogens with one attached hydrogen (secondary N) is 2. The van der Waals surface area contributed by atoms with Crippen molar-refractivity contribution in [3.05, 3.63) is 58.1 Å². The van der Waals surface area contributed by atoms with Gasteiger partial charge < -0.3 is 15.2 Å². The van der Waals surface area contributed by atoms with Crippen LogP contribution in [0.4, 0.5) is 11.4 Å². The molecule has 2 amide bonds. The Kier molecular flexibility index (Phi) is 7.66. The third kappa shape index (κ3) is 6.94. The fourth-order valence-corrected chi connectivity index (χ4v) is 2.25. The number of rotatable bonds is 9. The van der Waals surface area contributed by atoms with E-state index in [-0.39, 0.29) is 18.7 Å². The molecular weight excluding hydrogens is 380 g/mol. The number of anilines is 1. The Labute approximate surface area is 166 Å². The second-order valence-electron chi connectivity index (χ2n) is 5.80. The van der Waals surface area contributed by atoms with Gasteiger partial charge in [-0.25, -0.2) is 5.43 Å². The highest BCUT2D eigenvalue weighted by atomic mass is 16.6. The molecule has 29 heavy (non-hydrogen) atoms. The second-order valence-corrected chi connectivity index (χ2v) is 5.80. The fourth-order valence-electron chi connectivity index (χ4n) is 2.25. The molecule has 0 aliphatic heterocycles. The smallest absolute Gasteiger partial charge is 0.311 e. The van der Waals surface area contributed by atoms with Gasteiger partial charge in [-0.1, -0.05) is 0 Å². The number of phenolic OH excluding ortho intramolecular Hbond substituents is 1. The maximum atomic E-state index is 11.9. The van der Waals surface area contributed by atoms with Crippen molar-refractivity contribution in [2.75, 3.05) is 11.9 Å². The number of nitro benzene ring substituents is 1. The van der Waals surface area contributed by atoms with Crippen LogP contribution in [-0.2, 0) is 9.59 Å². The molecular formula is C19H20N4O6. The van der Waals surface area contributed by atoms with Crippen LogP contribution in [0.1, 0.15) is 25.3 Å². The van der Waals surface area contributed by atoms with Crippen LogP contribution in [0, 0.1) is 10.1 Å². The minimum atomic E-state index is -0.728. The molecule has 0 aromatic heterocycles. The summed E-state index contributed by atoms with van der Waals surface area (Å²) >= 11 is 0. The van der Waals surface area contributed by atoms with Crippen molar-refractivity contribution < 1.29 is 24.4 Å². The van der Waals surface area contributed by atoms with Crippen LogP contribution in [0.5, 0.6) is 11.5 Å². The van der Waals surface area contributed by atoms with Gasteiger partial charge in [0.2, 0.25) is 11.8 Å². The number of aromatic hydroxyl groups is 1. The summed E-state index contributed by atoms with van der Waals surface area (Å²) in [6.07, 6.45) is 1.07. The molecule has 0 saturated carbocycles. The molecule has 0 aliphatic rings. The number of phenols is 1. The summed E-state index contributed by atoms with van der Waals surface area (Å²) in [4.78, 5) is 33.7. The molecule has 2 aromatic carbocycles. The number of hydrogen-bond donors (Lipinski definition) is 3. The van der Waals surface area contributed by atoms with E-state index in [2.05, 4.69) is 15.8 Å². The van der Waals surface area contributed by atoms with Gasteiger partial charge in [0.15, 0.2) is 5.75 Å². The van der Waals surface area contributed by atoms with Gasteiger partial charge in [0, 0.05) is 30.2 Å². The molecule has 10 heteroatoms. The third-order valence-corrected chi connectivity index (χ3v) is 3.63. The number of nitro groups is 1. The first-order chi connectivity index (χ1) is 13.9. The van der Waals surface area contributed by atoms with Crippen molar-refractivity contribution >= 4 is 29.4 Å². The van der Waals surface area contributed by atoms with Crippen molar-refractivity contribution in [3.8, 4) is 11.5 Å². The molecule has 0 spiro atoms. The van der Waals surface area contributed by atoms with Crippen LogP contribution in [0.25, 0.3) is 0 Å². The highest BCUT2D eigenvalue weighted by molar-refractivity contribution is 5.93. The van der Waals surface area contributed by atoms with Gasteiger partial charge in [-0.15, -0.1) is 0 Å². The van der Waals surface area contributed by atoms with Crippen molar-refractivity contribution in [2.45, 2.75) is 19.8 Å². The first-order valence-electron chi connectivity index (χ1n) is 8.71. The minimum absolute atomic E-state index is 0.0424. The van der Waals surface area contributed by atoms with E-state index in [0.717, 1.165) is 12.1 Å². The first kappa shape index (κ1) is 21.4. The molecule has 10 nitrogen and oxygen atoms in total. The first-order valence-corrected chi connectivity index (χ1v) is 8.71. The number of carbonyl (C=O) groups excluding carboxylic acids is 2. The number of hydrazone groups is 1. The van der Waals surface area contributed by atoms with Crippen LogP contribution in [0.3, 0.4) is 0 Å². The fraction of sp³-hybridized carbons (Fsp3) is 0.211. The zero-order valence-electron chi connectivity index (χ0n) is 15.6. The summed E-state index contributed by atoms with van der Waals surface area (Å²) in [5.41, 5.74) is 2.68. The Balaban J connectivity index is 1.77. The Hall–Kier alpha value is -3.95. The lowest BCUT2D eigenvalue weighted by Crippen LogP contribution is -2.20. The van der Waals surface area contributed by atoms with Gasteiger partial charge >= 0.3 is 5.69 Å². The predicted octanol–water partition coefficient (Wildman–Crippen LogP) is 2.57. The summed E-state index contributed by atoms with van der Waals surface area (Å²) in [6.45, 7) is 2.42. The molecule has 0 radical (unpaired) electrons. The lowest BCUT2D eigenvalue weighted by atomic mass is 10.2. The van der Waals surface area contributed by atoms with Gasteiger partial charge in [0.05, 0.1) is 17.7 Å². The van der Waals surface area contributed by atoms with E-state index in [1.807, 2.05) is 6.92 Å². The van der Waals surface area contributed by atoms with Crippen molar-refractivity contribution in [2.24, 2.45) is 5.10 Å². The Morgan fingerprint density at radius 2 is 1.86 bits per heavy atom. The maximum absolute atomic E-state index is 11.9. The number of carbonyl (C=O) groups is 2. The molecule has 3 N–H and O–H groups in total. The summed E-state index contributed by atoms with van der Waals surface area (Å²) in [6, 6.07) is 10.5. The van der Waals surface area contributed by atoms with Gasteiger partial charge in [0.1, 0.15) is 5.75 Å². The number of hydrogen-bond acceptors (Lipinski definition) is 7. The van der Waals surface area contributed by atoms with Crippen LogP contribution < -0.4 is 15.5 Å². The lowest BCUT2D eigenvalue weighted by molar-refractivity contribution is -0.385. The minimum Gasteiger partial charge on any atom is -0.502 e. The Bertz CT molecular complexity index is 911. The van der Waals surface area contributed by atoms with E-state index in [9.17, 15) is 24.8 Å². The molecule has 152 valence electrons. The van der Waals surface area contributed by atoms with Crippen LogP contribution in [-0.4, -0.2) is 34.7 Å². The van der Waals surface area contributed by atoms with Gasteiger partial charge in [0.25, 0.3) is 0 Å². The molecule has 0 atom stereocenters. The second kappa shape index (κ2) is 10.4. The molecule has 0 bridgehead atoms. The van der Waals surface area contributed by atoms with E-state index >= 15 is 0 Å². The molecule has 0 saturated heterocycles. The summed E-state index contributed by atoms with van der Waals surface area (Å²) in [5, 5.41) is 26.5. The SMILES string of the molecule is CCOc1ccc(NC(=O)CCC(=O)NN=Cc2ccc(O)c([N+](=O)[O-])c2)cc1. The normalized spacial score (nSPS) is 10.5. The largest absolute Gasteiger partial charge is 0.502 e. The monoisotopic (exact) mass is 400 g/mol. The number of benzene rings is 2. The van der Waals surface area contributed by atoms with E-state index in [1.165, 1.54) is 12.3 Å². The maximum Gasteiger partial charge on any atom is 0.311 e. The zero-order chi connectivity index (χ0) is 21.2. The van der Waals surface area contributed by atoms with E-state index in [4.69, 9.17) is 4.74 Å². The summed E-state index contributed by atoms with van der Waals surface area (Å²) < 4.78 is 5.31.